The number of carbonyl (C=O) groups excluding carboxylic acids is 1. The molecule has 0 aliphatic rings. The van der Waals surface area contributed by atoms with E-state index < -0.39 is 6.10 Å². The number of aliphatic hydroxyl groups excluding tert-OH is 1. The van der Waals surface area contributed by atoms with Gasteiger partial charge in [-0.05, 0) is 36.8 Å². The standard InChI is InChI=1S/C20H24FNO5/c1-25-15-8-9-19(26-2)17(12-15)18(23)13-22-20(24)7-4-10-27-16-6-3-5-14(21)11-16/h3,5-6,8-9,11-12,18,23H,4,7,10,13H2,1-2H3,(H,22,24). The number of methoxy groups -OCH3 is 2. The van der Waals surface area contributed by atoms with E-state index in [9.17, 15) is 14.3 Å². The van der Waals surface area contributed by atoms with Gasteiger partial charge in [0.25, 0.3) is 0 Å². The van der Waals surface area contributed by atoms with Gasteiger partial charge in [0.2, 0.25) is 5.91 Å². The van der Waals surface area contributed by atoms with Crippen LogP contribution >= 0.6 is 0 Å². The molecule has 2 rings (SSSR count). The normalized spacial score (nSPS) is 11.6. The summed E-state index contributed by atoms with van der Waals surface area (Å²) in [6.45, 7) is 0.344. The summed E-state index contributed by atoms with van der Waals surface area (Å²) in [5, 5.41) is 13.0. The molecule has 1 unspecified atom stereocenters. The van der Waals surface area contributed by atoms with Crippen LogP contribution in [0.5, 0.6) is 17.2 Å². The lowest BCUT2D eigenvalue weighted by molar-refractivity contribution is -0.121. The molecule has 7 heteroatoms. The van der Waals surface area contributed by atoms with E-state index in [-0.39, 0.29) is 24.7 Å². The van der Waals surface area contributed by atoms with Crippen LogP contribution in [0.15, 0.2) is 42.5 Å². The van der Waals surface area contributed by atoms with Gasteiger partial charge < -0.3 is 24.6 Å². The number of nitrogens with one attached hydrogen (secondary N) is 1. The highest BCUT2D eigenvalue weighted by molar-refractivity contribution is 5.75. The van der Waals surface area contributed by atoms with Crippen LogP contribution in [-0.2, 0) is 4.79 Å². The summed E-state index contributed by atoms with van der Waals surface area (Å²) in [6, 6.07) is 10.9. The molecule has 0 saturated heterocycles. The van der Waals surface area contributed by atoms with E-state index in [4.69, 9.17) is 14.2 Å². The molecule has 0 fully saturated rings. The zero-order chi connectivity index (χ0) is 19.6. The Kier molecular flexibility index (Phi) is 7.88. The van der Waals surface area contributed by atoms with E-state index in [2.05, 4.69) is 5.32 Å². The molecule has 2 N–H and O–H groups in total. The van der Waals surface area contributed by atoms with Gasteiger partial charge in [-0.1, -0.05) is 6.07 Å². The van der Waals surface area contributed by atoms with Crippen LogP contribution in [0.25, 0.3) is 0 Å². The minimum Gasteiger partial charge on any atom is -0.497 e. The fourth-order valence-electron chi connectivity index (χ4n) is 2.49. The van der Waals surface area contributed by atoms with Gasteiger partial charge in [0.15, 0.2) is 0 Å². The number of aliphatic hydroxyl groups is 1. The Balaban J connectivity index is 1.75. The van der Waals surface area contributed by atoms with Crippen molar-refractivity contribution < 1.29 is 28.5 Å². The monoisotopic (exact) mass is 377 g/mol. The number of ether oxygens (including phenoxy) is 3. The largest absolute Gasteiger partial charge is 0.497 e. The molecule has 0 radical (unpaired) electrons. The van der Waals surface area contributed by atoms with Gasteiger partial charge in [0.1, 0.15) is 23.1 Å². The number of hydrogen-bond acceptors (Lipinski definition) is 5. The maximum atomic E-state index is 13.0. The number of amides is 1. The minimum atomic E-state index is -0.928. The number of hydrogen-bond donors (Lipinski definition) is 2. The van der Waals surface area contributed by atoms with Crippen molar-refractivity contribution in [1.29, 1.82) is 0 Å². The third kappa shape index (κ3) is 6.45. The van der Waals surface area contributed by atoms with Crippen LogP contribution < -0.4 is 19.5 Å². The quantitative estimate of drug-likeness (QED) is 0.623. The first-order valence-electron chi connectivity index (χ1n) is 8.58. The molecule has 6 nitrogen and oxygen atoms in total. The van der Waals surface area contributed by atoms with Gasteiger partial charge in [-0.2, -0.15) is 0 Å². The summed E-state index contributed by atoms with van der Waals surface area (Å²) < 4.78 is 28.8. The van der Waals surface area contributed by atoms with Crippen molar-refractivity contribution in [3.63, 3.8) is 0 Å². The predicted molar refractivity (Wildman–Crippen MR) is 98.6 cm³/mol. The zero-order valence-corrected chi connectivity index (χ0v) is 15.4. The smallest absolute Gasteiger partial charge is 0.220 e. The van der Waals surface area contributed by atoms with Crippen LogP contribution in [0.1, 0.15) is 24.5 Å². The van der Waals surface area contributed by atoms with E-state index in [0.29, 0.717) is 35.8 Å². The van der Waals surface area contributed by atoms with Crippen molar-refractivity contribution in [2.45, 2.75) is 18.9 Å². The highest BCUT2D eigenvalue weighted by Gasteiger charge is 2.15. The first kappa shape index (κ1) is 20.5. The third-order valence-corrected chi connectivity index (χ3v) is 3.90. The Morgan fingerprint density at radius 1 is 1.15 bits per heavy atom. The molecule has 0 bridgehead atoms. The van der Waals surface area contributed by atoms with E-state index in [1.165, 1.54) is 26.4 Å². The molecule has 0 spiro atoms. The lowest BCUT2D eigenvalue weighted by Gasteiger charge is -2.16. The van der Waals surface area contributed by atoms with E-state index >= 15 is 0 Å². The fraction of sp³-hybridized carbons (Fsp3) is 0.350. The molecular formula is C20H24FNO5. The summed E-state index contributed by atoms with van der Waals surface area (Å²) in [5.74, 6) is 0.952. The van der Waals surface area contributed by atoms with Crippen molar-refractivity contribution in [2.24, 2.45) is 0 Å². The summed E-state index contributed by atoms with van der Waals surface area (Å²) in [4.78, 5) is 11.9. The number of halogens is 1. The van der Waals surface area contributed by atoms with Crippen LogP contribution in [0, 0.1) is 5.82 Å². The highest BCUT2D eigenvalue weighted by atomic mass is 19.1. The second kappa shape index (κ2) is 10.4. The van der Waals surface area contributed by atoms with Crippen molar-refractivity contribution in [3.8, 4) is 17.2 Å². The Hall–Kier alpha value is -2.80. The SMILES string of the molecule is COc1ccc(OC)c(C(O)CNC(=O)CCCOc2cccc(F)c2)c1. The molecule has 0 aliphatic heterocycles. The lowest BCUT2D eigenvalue weighted by atomic mass is 10.1. The van der Waals surface area contributed by atoms with Gasteiger partial charge in [-0.3, -0.25) is 4.79 Å². The Morgan fingerprint density at radius 3 is 2.67 bits per heavy atom. The average molecular weight is 377 g/mol. The fourth-order valence-corrected chi connectivity index (χ4v) is 2.49. The van der Waals surface area contributed by atoms with E-state index in [1.54, 1.807) is 30.3 Å². The lowest BCUT2D eigenvalue weighted by Crippen LogP contribution is -2.28. The second-order valence-electron chi connectivity index (χ2n) is 5.84. The molecule has 0 heterocycles. The summed E-state index contributed by atoms with van der Waals surface area (Å²) >= 11 is 0. The minimum absolute atomic E-state index is 0.0487. The first-order chi connectivity index (χ1) is 13.0. The molecule has 0 saturated carbocycles. The van der Waals surface area contributed by atoms with Gasteiger partial charge in [0.05, 0.1) is 26.9 Å². The number of carbonyl (C=O) groups is 1. The predicted octanol–water partition coefficient (Wildman–Crippen LogP) is 2.85. The Bertz CT molecular complexity index is 753. The molecule has 2 aromatic carbocycles. The summed E-state index contributed by atoms with van der Waals surface area (Å²) in [6.07, 6.45) is -0.222. The first-order valence-corrected chi connectivity index (χ1v) is 8.58. The zero-order valence-electron chi connectivity index (χ0n) is 15.4. The highest BCUT2D eigenvalue weighted by Crippen LogP contribution is 2.29. The van der Waals surface area contributed by atoms with Crippen molar-refractivity contribution in [1.82, 2.24) is 5.32 Å². The molecule has 0 aromatic heterocycles. The molecule has 2 aromatic rings. The van der Waals surface area contributed by atoms with Crippen molar-refractivity contribution in [3.05, 3.63) is 53.8 Å². The maximum absolute atomic E-state index is 13.0. The maximum Gasteiger partial charge on any atom is 0.220 e. The van der Waals surface area contributed by atoms with Crippen LogP contribution in [0.2, 0.25) is 0 Å². The molecule has 27 heavy (non-hydrogen) atoms. The average Bonchev–Trinajstić information content (AvgIpc) is 2.69. The topological polar surface area (TPSA) is 77.0 Å². The molecule has 1 atom stereocenters. The van der Waals surface area contributed by atoms with Gasteiger partial charge >= 0.3 is 0 Å². The second-order valence-corrected chi connectivity index (χ2v) is 5.84. The van der Waals surface area contributed by atoms with Crippen LogP contribution in [0.4, 0.5) is 4.39 Å². The van der Waals surface area contributed by atoms with Gasteiger partial charge in [-0.15, -0.1) is 0 Å². The van der Waals surface area contributed by atoms with Crippen molar-refractivity contribution >= 4 is 5.91 Å². The molecule has 1 amide bonds. The summed E-state index contributed by atoms with van der Waals surface area (Å²) in [5.41, 5.74) is 0.534. The summed E-state index contributed by atoms with van der Waals surface area (Å²) in [7, 11) is 3.04. The molecule has 0 aliphatic carbocycles. The van der Waals surface area contributed by atoms with E-state index in [1.807, 2.05) is 0 Å². The number of benzene rings is 2. The van der Waals surface area contributed by atoms with Crippen LogP contribution in [-0.4, -0.2) is 38.4 Å². The van der Waals surface area contributed by atoms with Gasteiger partial charge in [-0.25, -0.2) is 4.39 Å². The van der Waals surface area contributed by atoms with Crippen molar-refractivity contribution in [2.75, 3.05) is 27.4 Å². The Labute approximate surface area is 157 Å². The number of rotatable bonds is 10. The van der Waals surface area contributed by atoms with E-state index in [0.717, 1.165) is 0 Å². The molecule has 146 valence electrons. The van der Waals surface area contributed by atoms with Crippen LogP contribution in [0.3, 0.4) is 0 Å². The third-order valence-electron chi connectivity index (χ3n) is 3.90. The van der Waals surface area contributed by atoms with Gasteiger partial charge in [0, 0.05) is 24.6 Å². The Morgan fingerprint density at radius 2 is 1.96 bits per heavy atom. The molecular weight excluding hydrogens is 353 g/mol.